The first-order valence-electron chi connectivity index (χ1n) is 1.29. The minimum atomic E-state index is 0. The van der Waals surface area contributed by atoms with Crippen molar-refractivity contribution >= 4 is 12.6 Å². The first-order chi connectivity index (χ1) is 2.41. The molecule has 0 N–H and O–H groups in total. The van der Waals surface area contributed by atoms with Gasteiger partial charge in [0.25, 0.3) is 0 Å². The average Bonchev–Trinajstić information content (AvgIpc) is 1.41. The monoisotopic (exact) mass is 88.1 g/mol. The van der Waals surface area contributed by atoms with E-state index in [1.807, 2.05) is 0 Å². The fraction of sp³-hybridized carbons (Fsp3) is 0.500. The maximum atomic E-state index is 9.17. The summed E-state index contributed by atoms with van der Waals surface area (Å²) < 4.78 is 0. The molecular formula is C4H8O2. The highest BCUT2D eigenvalue weighted by atomic mass is 16.1. The van der Waals surface area contributed by atoms with Crippen molar-refractivity contribution in [2.24, 2.45) is 0 Å². The molecule has 36 valence electrons. The van der Waals surface area contributed by atoms with Crippen molar-refractivity contribution in [2.45, 2.75) is 13.8 Å². The Bertz CT molecular complexity index is 34.8. The van der Waals surface area contributed by atoms with Crippen molar-refractivity contribution < 1.29 is 9.59 Å². The van der Waals surface area contributed by atoms with Gasteiger partial charge in [0.15, 0.2) is 0 Å². The van der Waals surface area contributed by atoms with Crippen LogP contribution in [0.25, 0.3) is 0 Å². The van der Waals surface area contributed by atoms with Crippen molar-refractivity contribution in [2.75, 3.05) is 0 Å². The molecule has 0 bridgehead atoms. The van der Waals surface area contributed by atoms with Crippen molar-refractivity contribution in [3.05, 3.63) is 0 Å². The molecule has 2 heteroatoms. The lowest BCUT2D eigenvalue weighted by atomic mass is 10.6. The maximum Gasteiger partial charge on any atom is 0.127 e. The molecule has 0 saturated carbocycles. The van der Waals surface area contributed by atoms with Gasteiger partial charge >= 0.3 is 0 Å². The quantitative estimate of drug-likeness (QED) is 0.362. The van der Waals surface area contributed by atoms with Crippen LogP contribution in [0.3, 0.4) is 0 Å². The Labute approximate surface area is 37.2 Å². The molecule has 0 heterocycles. The fourth-order valence-corrected chi connectivity index (χ4v) is 0.0393. The summed E-state index contributed by atoms with van der Waals surface area (Å²) in [6.45, 7) is 0. The first kappa shape index (κ1) is 9.02. The molecule has 0 atom stereocenters. The van der Waals surface area contributed by atoms with Gasteiger partial charge in [0, 0.05) is 0 Å². The van der Waals surface area contributed by atoms with E-state index in [1.165, 1.54) is 0 Å². The van der Waals surface area contributed by atoms with E-state index in [0.717, 1.165) is 0 Å². The third-order valence-electron chi connectivity index (χ3n) is 0.192. The van der Waals surface area contributed by atoms with Gasteiger partial charge in [0.1, 0.15) is 12.6 Å². The van der Waals surface area contributed by atoms with Gasteiger partial charge in [-0.05, 0) is 0 Å². The van der Waals surface area contributed by atoms with Crippen LogP contribution in [0.15, 0.2) is 0 Å². The molecule has 0 fully saturated rings. The minimum absolute atomic E-state index is 0. The zero-order chi connectivity index (χ0) is 4.12. The summed E-state index contributed by atoms with van der Waals surface area (Å²) in [5.74, 6) is 0. The fourth-order valence-electron chi connectivity index (χ4n) is 0.0393. The van der Waals surface area contributed by atoms with Crippen LogP contribution < -0.4 is 0 Å². The first-order valence-corrected chi connectivity index (χ1v) is 1.29. The zero-order valence-corrected chi connectivity index (χ0v) is 2.68. The number of rotatable bonds is 2. The molecule has 0 aliphatic rings. The van der Waals surface area contributed by atoms with E-state index in [0.29, 0.717) is 12.6 Å². The molecule has 0 aromatic heterocycles. The number of carbonyl (C=O) groups is 2. The second-order valence-electron chi connectivity index (χ2n) is 0.569. The lowest BCUT2D eigenvalue weighted by molar-refractivity contribution is -0.114. The highest BCUT2D eigenvalue weighted by molar-refractivity contribution is 5.72. The summed E-state index contributed by atoms with van der Waals surface area (Å²) in [6.07, 6.45) is 1.15. The van der Waals surface area contributed by atoms with E-state index in [1.54, 1.807) is 0 Å². The van der Waals surface area contributed by atoms with Gasteiger partial charge in [0.05, 0.1) is 6.42 Å². The summed E-state index contributed by atoms with van der Waals surface area (Å²) >= 11 is 0. The second-order valence-corrected chi connectivity index (χ2v) is 0.569. The smallest absolute Gasteiger partial charge is 0.127 e. The summed E-state index contributed by atoms with van der Waals surface area (Å²) in [5.41, 5.74) is 0. The summed E-state index contributed by atoms with van der Waals surface area (Å²) in [6, 6.07) is 0. The molecule has 0 rings (SSSR count). The van der Waals surface area contributed by atoms with Crippen LogP contribution in [0.4, 0.5) is 0 Å². The number of hydrogen-bond acceptors (Lipinski definition) is 2. The molecule has 0 aromatic rings. The molecule has 0 unspecified atom stereocenters. The second kappa shape index (κ2) is 8.84. The van der Waals surface area contributed by atoms with Crippen molar-refractivity contribution in [3.63, 3.8) is 0 Å². The van der Waals surface area contributed by atoms with Crippen LogP contribution in [-0.2, 0) is 9.59 Å². The van der Waals surface area contributed by atoms with Gasteiger partial charge < -0.3 is 9.59 Å². The predicted octanol–water partition coefficient (Wildman–Crippen LogP) is 0.410. The Hall–Kier alpha value is -0.660. The molecule has 0 saturated heterocycles. The normalized spacial score (nSPS) is 5.33. The van der Waals surface area contributed by atoms with Gasteiger partial charge in [0.2, 0.25) is 0 Å². The highest BCUT2D eigenvalue weighted by Crippen LogP contribution is 1.50. The Kier molecular flexibility index (Phi) is 13.3. The van der Waals surface area contributed by atoms with Gasteiger partial charge in [-0.2, -0.15) is 0 Å². The van der Waals surface area contributed by atoms with Crippen LogP contribution in [-0.4, -0.2) is 12.6 Å². The molecule has 0 radical (unpaired) electrons. The van der Waals surface area contributed by atoms with Crippen LogP contribution in [0.5, 0.6) is 0 Å². The van der Waals surface area contributed by atoms with Gasteiger partial charge in [-0.25, -0.2) is 0 Å². The third kappa shape index (κ3) is 10.2. The molecular weight excluding hydrogens is 80.0 g/mol. The van der Waals surface area contributed by atoms with Crippen LogP contribution >= 0.6 is 0 Å². The molecule has 0 aromatic carbocycles. The third-order valence-corrected chi connectivity index (χ3v) is 0.192. The van der Waals surface area contributed by atoms with E-state index in [2.05, 4.69) is 0 Å². The molecule has 0 aliphatic carbocycles. The minimum Gasteiger partial charge on any atom is -0.303 e. The van der Waals surface area contributed by atoms with E-state index in [9.17, 15) is 9.59 Å². The van der Waals surface area contributed by atoms with Gasteiger partial charge in [-0.1, -0.05) is 7.43 Å². The summed E-state index contributed by atoms with van der Waals surface area (Å²) in [4.78, 5) is 18.3. The van der Waals surface area contributed by atoms with E-state index in [4.69, 9.17) is 0 Å². The topological polar surface area (TPSA) is 34.1 Å². The Morgan fingerprint density at radius 1 is 1.17 bits per heavy atom. The Morgan fingerprint density at radius 3 is 1.50 bits per heavy atom. The number of aldehydes is 2. The van der Waals surface area contributed by atoms with Gasteiger partial charge in [-0.15, -0.1) is 0 Å². The Morgan fingerprint density at radius 2 is 1.50 bits per heavy atom. The van der Waals surface area contributed by atoms with Gasteiger partial charge in [-0.3, -0.25) is 0 Å². The van der Waals surface area contributed by atoms with E-state index in [-0.39, 0.29) is 13.8 Å². The lowest BCUT2D eigenvalue weighted by Gasteiger charge is -1.53. The average molecular weight is 88.1 g/mol. The van der Waals surface area contributed by atoms with Crippen molar-refractivity contribution in [1.82, 2.24) is 0 Å². The Balaban J connectivity index is 0. The van der Waals surface area contributed by atoms with Crippen LogP contribution in [0, 0.1) is 0 Å². The molecule has 2 nitrogen and oxygen atoms in total. The largest absolute Gasteiger partial charge is 0.303 e. The molecule has 6 heavy (non-hydrogen) atoms. The van der Waals surface area contributed by atoms with Crippen LogP contribution in [0.1, 0.15) is 13.8 Å². The maximum absolute atomic E-state index is 9.17. The predicted molar refractivity (Wildman–Crippen MR) is 23.5 cm³/mol. The summed E-state index contributed by atoms with van der Waals surface area (Å²) in [7, 11) is 0. The standard InChI is InChI=1S/C3H4O2.CH4/c4-2-1-3-5;/h2-3H,1H2;1H4. The van der Waals surface area contributed by atoms with Crippen molar-refractivity contribution in [1.29, 1.82) is 0 Å². The molecule has 0 aliphatic heterocycles. The van der Waals surface area contributed by atoms with E-state index < -0.39 is 0 Å². The highest BCUT2D eigenvalue weighted by Gasteiger charge is 1.65. The number of carbonyl (C=O) groups excluding carboxylic acids is 2. The molecule has 0 spiro atoms. The van der Waals surface area contributed by atoms with Crippen molar-refractivity contribution in [3.8, 4) is 0 Å². The van der Waals surface area contributed by atoms with E-state index >= 15 is 0 Å². The van der Waals surface area contributed by atoms with Crippen LogP contribution in [0.2, 0.25) is 0 Å². The summed E-state index contributed by atoms with van der Waals surface area (Å²) in [5, 5.41) is 0. The number of hydrogen-bond donors (Lipinski definition) is 0. The SMILES string of the molecule is C.O=CCC=O. The zero-order valence-electron chi connectivity index (χ0n) is 2.68. The molecule has 0 amide bonds. The lowest BCUT2D eigenvalue weighted by Crippen LogP contribution is -1.69.